The summed E-state index contributed by atoms with van der Waals surface area (Å²) in [5.74, 6) is 0. The lowest BCUT2D eigenvalue weighted by molar-refractivity contribution is -0.384. The monoisotopic (exact) mass is 415 g/mol. The largest absolute Gasteiger partial charge is 0.422 e. The number of thiazole rings is 1. The summed E-state index contributed by atoms with van der Waals surface area (Å²) in [5.41, 5.74) is 2.43. The highest BCUT2D eigenvalue weighted by atomic mass is 32.1. The third kappa shape index (κ3) is 3.74. The molecule has 146 valence electrons. The highest BCUT2D eigenvalue weighted by molar-refractivity contribution is 7.11. The summed E-state index contributed by atoms with van der Waals surface area (Å²) in [5, 5.41) is 23.1. The number of aromatic nitrogens is 1. The predicted molar refractivity (Wildman–Crippen MR) is 115 cm³/mol. The van der Waals surface area contributed by atoms with Crippen LogP contribution in [-0.4, -0.2) is 9.91 Å². The molecule has 0 unspecified atom stereocenters. The number of rotatable bonds is 4. The van der Waals surface area contributed by atoms with Crippen LogP contribution in [0.1, 0.15) is 16.1 Å². The van der Waals surface area contributed by atoms with Crippen LogP contribution in [0, 0.1) is 28.4 Å². The van der Waals surface area contributed by atoms with E-state index in [9.17, 15) is 20.2 Å². The molecule has 2 heterocycles. The molecular formula is C22H13N3O4S. The maximum absolute atomic E-state index is 12.4. The number of hydrogen-bond donors (Lipinski definition) is 0. The van der Waals surface area contributed by atoms with E-state index in [2.05, 4.69) is 11.1 Å². The van der Waals surface area contributed by atoms with Gasteiger partial charge in [0, 0.05) is 22.9 Å². The minimum atomic E-state index is -0.603. The molecule has 4 rings (SSSR count). The molecule has 8 heteroatoms. The Morgan fingerprint density at radius 1 is 1.23 bits per heavy atom. The van der Waals surface area contributed by atoms with Crippen LogP contribution in [0.15, 0.2) is 63.1 Å². The van der Waals surface area contributed by atoms with Crippen LogP contribution < -0.4 is 5.63 Å². The molecule has 4 aromatic rings. The van der Waals surface area contributed by atoms with Gasteiger partial charge in [-0.2, -0.15) is 5.26 Å². The second kappa shape index (κ2) is 7.73. The zero-order valence-corrected chi connectivity index (χ0v) is 16.5. The van der Waals surface area contributed by atoms with Gasteiger partial charge in [0.1, 0.15) is 16.7 Å². The molecule has 0 aliphatic rings. The lowest BCUT2D eigenvalue weighted by Gasteiger charge is -2.00. The molecule has 0 atom stereocenters. The molecule has 7 nitrogen and oxygen atoms in total. The second-order valence-corrected chi connectivity index (χ2v) is 7.40. The first-order chi connectivity index (χ1) is 14.4. The number of nitriles is 1. The van der Waals surface area contributed by atoms with Gasteiger partial charge >= 0.3 is 5.63 Å². The van der Waals surface area contributed by atoms with Gasteiger partial charge in [-0.25, -0.2) is 9.78 Å². The maximum atomic E-state index is 12.4. The SMILES string of the molecule is Cc1ccc(/C=C(/C#N)c2nc(-c3cc4cc([N+](=O)[O-])ccc4oc3=O)cs2)cc1. The van der Waals surface area contributed by atoms with Gasteiger partial charge in [-0.05, 0) is 30.7 Å². The molecular weight excluding hydrogens is 402 g/mol. The minimum absolute atomic E-state index is 0.103. The number of benzene rings is 2. The molecule has 0 amide bonds. The molecule has 0 aliphatic carbocycles. The van der Waals surface area contributed by atoms with Crippen LogP contribution in [-0.2, 0) is 0 Å². The number of allylic oxidation sites excluding steroid dienone is 1. The standard InChI is InChI=1S/C22H13N3O4S/c1-13-2-4-14(5-3-13)8-16(11-23)21-24-19(12-30-21)18-10-15-9-17(25(27)28)6-7-20(15)29-22(18)26/h2-10,12H,1H3/b16-8-. The Morgan fingerprint density at radius 2 is 2.00 bits per heavy atom. The second-order valence-electron chi connectivity index (χ2n) is 6.55. The third-order valence-electron chi connectivity index (χ3n) is 4.45. The summed E-state index contributed by atoms with van der Waals surface area (Å²) in [7, 11) is 0. The average molecular weight is 415 g/mol. The molecule has 0 aliphatic heterocycles. The smallest absolute Gasteiger partial charge is 0.345 e. The van der Waals surface area contributed by atoms with Crippen molar-refractivity contribution in [2.24, 2.45) is 0 Å². The summed E-state index contributed by atoms with van der Waals surface area (Å²) in [6.07, 6.45) is 1.73. The number of fused-ring (bicyclic) bond motifs is 1. The number of aryl methyl sites for hydroxylation is 1. The molecule has 0 radical (unpaired) electrons. The fraction of sp³-hybridized carbons (Fsp3) is 0.0455. The summed E-state index contributed by atoms with van der Waals surface area (Å²) >= 11 is 1.23. The molecule has 0 fully saturated rings. The van der Waals surface area contributed by atoms with Crippen LogP contribution in [0.5, 0.6) is 0 Å². The summed E-state index contributed by atoms with van der Waals surface area (Å²) in [4.78, 5) is 27.3. The van der Waals surface area contributed by atoms with Crippen molar-refractivity contribution in [1.29, 1.82) is 5.26 Å². The highest BCUT2D eigenvalue weighted by Gasteiger charge is 2.15. The van der Waals surface area contributed by atoms with Crippen LogP contribution in [0.25, 0.3) is 33.9 Å². The fourth-order valence-electron chi connectivity index (χ4n) is 2.90. The zero-order chi connectivity index (χ0) is 21.3. The van der Waals surface area contributed by atoms with Gasteiger partial charge in [0.05, 0.1) is 21.8 Å². The molecule has 0 saturated carbocycles. The molecule has 0 spiro atoms. The van der Waals surface area contributed by atoms with Crippen molar-refractivity contribution in [2.75, 3.05) is 0 Å². The number of hydrogen-bond acceptors (Lipinski definition) is 7. The minimum Gasteiger partial charge on any atom is -0.422 e. The first-order valence-electron chi connectivity index (χ1n) is 8.81. The quantitative estimate of drug-likeness (QED) is 0.196. The van der Waals surface area contributed by atoms with Crippen molar-refractivity contribution in [3.05, 3.63) is 90.6 Å². The average Bonchev–Trinajstić information content (AvgIpc) is 3.22. The summed E-state index contributed by atoms with van der Waals surface area (Å²) < 4.78 is 5.29. The van der Waals surface area contributed by atoms with Gasteiger partial charge in [-0.1, -0.05) is 29.8 Å². The molecule has 0 bridgehead atoms. The van der Waals surface area contributed by atoms with Crippen molar-refractivity contribution >= 4 is 39.6 Å². The molecule has 30 heavy (non-hydrogen) atoms. The molecule has 2 aromatic carbocycles. The van der Waals surface area contributed by atoms with Crippen LogP contribution >= 0.6 is 11.3 Å². The molecule has 2 aromatic heterocycles. The fourth-order valence-corrected chi connectivity index (χ4v) is 3.68. The Balaban J connectivity index is 1.75. The van der Waals surface area contributed by atoms with Crippen molar-refractivity contribution in [2.45, 2.75) is 6.92 Å². The summed E-state index contributed by atoms with van der Waals surface area (Å²) in [6, 6.07) is 15.4. The highest BCUT2D eigenvalue weighted by Crippen LogP contribution is 2.28. The van der Waals surface area contributed by atoms with Crippen molar-refractivity contribution < 1.29 is 9.34 Å². The van der Waals surface area contributed by atoms with Crippen molar-refractivity contribution in [3.8, 4) is 17.3 Å². The van der Waals surface area contributed by atoms with E-state index in [1.54, 1.807) is 11.5 Å². The van der Waals surface area contributed by atoms with Crippen molar-refractivity contribution in [1.82, 2.24) is 4.98 Å². The van der Waals surface area contributed by atoms with Gasteiger partial charge in [0.25, 0.3) is 5.69 Å². The first kappa shape index (κ1) is 19.2. The molecule has 0 N–H and O–H groups in total. The summed E-state index contributed by atoms with van der Waals surface area (Å²) in [6.45, 7) is 1.98. The third-order valence-corrected chi connectivity index (χ3v) is 5.32. The van der Waals surface area contributed by atoms with E-state index >= 15 is 0 Å². The van der Waals surface area contributed by atoms with Gasteiger partial charge in [-0.15, -0.1) is 11.3 Å². The normalized spacial score (nSPS) is 11.4. The Bertz CT molecular complexity index is 1410. The van der Waals surface area contributed by atoms with Crippen LogP contribution in [0.3, 0.4) is 0 Å². The van der Waals surface area contributed by atoms with Crippen LogP contribution in [0.2, 0.25) is 0 Å². The topological polar surface area (TPSA) is 110 Å². The van der Waals surface area contributed by atoms with Gasteiger partial charge in [0.2, 0.25) is 0 Å². The number of nitrogens with zero attached hydrogens (tertiary/aromatic N) is 3. The predicted octanol–water partition coefficient (Wildman–Crippen LogP) is 5.20. The first-order valence-corrected chi connectivity index (χ1v) is 9.69. The van der Waals surface area contributed by atoms with E-state index in [4.69, 9.17) is 4.42 Å². The Labute approximate surface area is 174 Å². The van der Waals surface area contributed by atoms with Gasteiger partial charge < -0.3 is 4.42 Å². The van der Waals surface area contributed by atoms with E-state index in [0.29, 0.717) is 21.7 Å². The van der Waals surface area contributed by atoms with E-state index in [-0.39, 0.29) is 16.8 Å². The maximum Gasteiger partial charge on any atom is 0.345 e. The Kier molecular flexibility index (Phi) is 4.96. The number of nitro benzene ring substituents is 1. The number of non-ortho nitro benzene ring substituents is 1. The zero-order valence-electron chi connectivity index (χ0n) is 15.7. The Morgan fingerprint density at radius 3 is 2.70 bits per heavy atom. The Hall–Kier alpha value is -4.09. The molecule has 0 saturated heterocycles. The van der Waals surface area contributed by atoms with E-state index in [1.807, 2.05) is 31.2 Å². The van der Waals surface area contributed by atoms with Gasteiger partial charge in [0.15, 0.2) is 0 Å². The van der Waals surface area contributed by atoms with E-state index in [1.165, 1.54) is 35.6 Å². The van der Waals surface area contributed by atoms with E-state index in [0.717, 1.165) is 11.1 Å². The van der Waals surface area contributed by atoms with Crippen LogP contribution in [0.4, 0.5) is 5.69 Å². The van der Waals surface area contributed by atoms with Gasteiger partial charge in [-0.3, -0.25) is 10.1 Å². The number of nitro groups is 1. The lowest BCUT2D eigenvalue weighted by atomic mass is 10.1. The van der Waals surface area contributed by atoms with Crippen molar-refractivity contribution in [3.63, 3.8) is 0 Å². The lowest BCUT2D eigenvalue weighted by Crippen LogP contribution is -2.03. The van der Waals surface area contributed by atoms with E-state index < -0.39 is 10.5 Å².